The molecule has 2 rings (SSSR count). The van der Waals surface area contributed by atoms with E-state index in [1.54, 1.807) is 0 Å². The molecule has 27 heavy (non-hydrogen) atoms. The first kappa shape index (κ1) is 21.2. The fourth-order valence-electron chi connectivity index (χ4n) is 3.18. The number of nitrogens with zero attached hydrogens (tertiary/aromatic N) is 1. The van der Waals surface area contributed by atoms with Crippen molar-refractivity contribution in [3.63, 3.8) is 0 Å². The summed E-state index contributed by atoms with van der Waals surface area (Å²) in [6.07, 6.45) is 2.76. The fourth-order valence-corrected chi connectivity index (χ4v) is 4.07. The van der Waals surface area contributed by atoms with Crippen LogP contribution in [0.4, 0.5) is 14.5 Å². The standard InChI is InChI=1S/C17H23F2N3O4S/c18-17(19)27(25,26)14-6-2-1-5-13(14)21-16(24)11-22-9-3-4-12(10-22)7-8-15(20)23/h1-2,5-6,12,17H,3-4,7-11H2,(H2,20,23)(H,21,24). The summed E-state index contributed by atoms with van der Waals surface area (Å²) in [4.78, 5) is 24.5. The zero-order valence-corrected chi connectivity index (χ0v) is 15.6. The molecule has 1 heterocycles. The third-order valence-electron chi connectivity index (χ3n) is 4.47. The number of hydrogen-bond acceptors (Lipinski definition) is 5. The number of piperidine rings is 1. The Bertz CT molecular complexity index is 786. The molecule has 10 heteroatoms. The van der Waals surface area contributed by atoms with Crippen molar-refractivity contribution in [3.05, 3.63) is 24.3 Å². The van der Waals surface area contributed by atoms with Gasteiger partial charge >= 0.3 is 5.76 Å². The van der Waals surface area contributed by atoms with Crippen LogP contribution in [-0.2, 0) is 19.4 Å². The number of hydrogen-bond donors (Lipinski definition) is 2. The largest absolute Gasteiger partial charge is 0.370 e. The lowest BCUT2D eigenvalue weighted by Gasteiger charge is -2.32. The van der Waals surface area contributed by atoms with Crippen LogP contribution in [0, 0.1) is 5.92 Å². The minimum absolute atomic E-state index is 0.0101. The van der Waals surface area contributed by atoms with Crippen molar-refractivity contribution in [1.29, 1.82) is 0 Å². The van der Waals surface area contributed by atoms with E-state index in [0.717, 1.165) is 18.9 Å². The lowest BCUT2D eigenvalue weighted by Crippen LogP contribution is -2.40. The molecule has 1 unspecified atom stereocenters. The van der Waals surface area contributed by atoms with Crippen molar-refractivity contribution in [3.8, 4) is 0 Å². The molecule has 7 nitrogen and oxygen atoms in total. The number of anilines is 1. The van der Waals surface area contributed by atoms with Gasteiger partial charge in [-0.15, -0.1) is 0 Å². The maximum absolute atomic E-state index is 12.8. The van der Waals surface area contributed by atoms with Crippen LogP contribution in [0.25, 0.3) is 0 Å². The number of likely N-dealkylation sites (tertiary alicyclic amines) is 1. The summed E-state index contributed by atoms with van der Waals surface area (Å²) < 4.78 is 49.1. The molecule has 1 aliphatic heterocycles. The number of nitrogens with two attached hydrogens (primary N) is 1. The molecule has 0 aliphatic carbocycles. The Balaban J connectivity index is 1.99. The Morgan fingerprint density at radius 3 is 2.67 bits per heavy atom. The molecule has 0 radical (unpaired) electrons. The number of sulfone groups is 1. The van der Waals surface area contributed by atoms with E-state index in [9.17, 15) is 26.8 Å². The topological polar surface area (TPSA) is 110 Å². The van der Waals surface area contributed by atoms with Gasteiger partial charge in [-0.2, -0.15) is 8.78 Å². The number of para-hydroxylation sites is 1. The summed E-state index contributed by atoms with van der Waals surface area (Å²) in [6.45, 7) is 1.32. The number of nitrogens with one attached hydrogen (secondary N) is 1. The second-order valence-electron chi connectivity index (χ2n) is 6.60. The highest BCUT2D eigenvalue weighted by Crippen LogP contribution is 2.26. The second kappa shape index (κ2) is 9.23. The molecule has 1 fully saturated rings. The number of benzene rings is 1. The average molecular weight is 403 g/mol. The van der Waals surface area contributed by atoms with Crippen LogP contribution in [0.2, 0.25) is 0 Å². The summed E-state index contributed by atoms with van der Waals surface area (Å²) in [7, 11) is -4.82. The normalized spacial score (nSPS) is 18.4. The van der Waals surface area contributed by atoms with Gasteiger partial charge in [-0.05, 0) is 43.9 Å². The van der Waals surface area contributed by atoms with Crippen LogP contribution >= 0.6 is 0 Å². The molecule has 2 amide bonds. The number of carbonyl (C=O) groups is 2. The smallest absolute Gasteiger partial charge is 0.341 e. The Hall–Kier alpha value is -2.07. The van der Waals surface area contributed by atoms with Crippen LogP contribution < -0.4 is 11.1 Å². The van der Waals surface area contributed by atoms with E-state index in [0.29, 0.717) is 25.9 Å². The van der Waals surface area contributed by atoms with Crippen molar-refractivity contribution >= 4 is 27.3 Å². The molecule has 1 aromatic carbocycles. The summed E-state index contributed by atoms with van der Waals surface area (Å²) >= 11 is 0. The molecule has 150 valence electrons. The SMILES string of the molecule is NC(=O)CCC1CCCN(CC(=O)Nc2ccccc2S(=O)(=O)C(F)F)C1. The molecule has 1 saturated heterocycles. The number of rotatable bonds is 8. The van der Waals surface area contributed by atoms with Gasteiger partial charge in [0.1, 0.15) is 0 Å². The van der Waals surface area contributed by atoms with E-state index in [2.05, 4.69) is 5.32 Å². The second-order valence-corrected chi connectivity index (χ2v) is 8.48. The molecular formula is C17H23F2N3O4S. The van der Waals surface area contributed by atoms with Gasteiger partial charge < -0.3 is 11.1 Å². The Labute approximate surface area is 156 Å². The van der Waals surface area contributed by atoms with Crippen LogP contribution in [0.1, 0.15) is 25.7 Å². The predicted octanol–water partition coefficient (Wildman–Crippen LogP) is 1.60. The Morgan fingerprint density at radius 2 is 2.00 bits per heavy atom. The van der Waals surface area contributed by atoms with Crippen LogP contribution in [-0.4, -0.2) is 50.5 Å². The van der Waals surface area contributed by atoms with E-state index in [-0.39, 0.29) is 24.1 Å². The molecule has 0 saturated carbocycles. The Kier molecular flexibility index (Phi) is 7.25. The van der Waals surface area contributed by atoms with Gasteiger partial charge in [-0.1, -0.05) is 12.1 Å². The number of alkyl halides is 2. The van der Waals surface area contributed by atoms with E-state index in [1.165, 1.54) is 18.2 Å². The third-order valence-corrected chi connectivity index (χ3v) is 5.91. The first-order valence-electron chi connectivity index (χ1n) is 8.61. The van der Waals surface area contributed by atoms with Crippen molar-refractivity contribution in [2.75, 3.05) is 25.0 Å². The highest BCUT2D eigenvalue weighted by Gasteiger charge is 2.30. The van der Waals surface area contributed by atoms with Crippen molar-refractivity contribution in [2.45, 2.75) is 36.3 Å². The van der Waals surface area contributed by atoms with Crippen molar-refractivity contribution in [1.82, 2.24) is 4.90 Å². The summed E-state index contributed by atoms with van der Waals surface area (Å²) in [5.41, 5.74) is 5.00. The highest BCUT2D eigenvalue weighted by atomic mass is 32.2. The molecule has 0 bridgehead atoms. The number of primary amides is 1. The minimum atomic E-state index is -4.82. The number of halogens is 2. The third kappa shape index (κ3) is 5.96. The van der Waals surface area contributed by atoms with Crippen molar-refractivity contribution in [2.24, 2.45) is 11.7 Å². The zero-order valence-electron chi connectivity index (χ0n) is 14.7. The molecule has 0 aromatic heterocycles. The average Bonchev–Trinajstić information content (AvgIpc) is 2.60. The van der Waals surface area contributed by atoms with Crippen LogP contribution in [0.15, 0.2) is 29.2 Å². The summed E-state index contributed by atoms with van der Waals surface area (Å²) in [5.74, 6) is -4.15. The van der Waals surface area contributed by atoms with Gasteiger partial charge in [-0.3, -0.25) is 14.5 Å². The van der Waals surface area contributed by atoms with Crippen LogP contribution in [0.3, 0.4) is 0 Å². The molecule has 1 aliphatic rings. The first-order valence-corrected chi connectivity index (χ1v) is 10.2. The zero-order chi connectivity index (χ0) is 20.0. The van der Waals surface area contributed by atoms with Gasteiger partial charge in [0.05, 0.1) is 17.1 Å². The van der Waals surface area contributed by atoms with Gasteiger partial charge in [0.25, 0.3) is 0 Å². The lowest BCUT2D eigenvalue weighted by atomic mass is 9.93. The number of carbonyl (C=O) groups excluding carboxylic acids is 2. The predicted molar refractivity (Wildman–Crippen MR) is 95.9 cm³/mol. The monoisotopic (exact) mass is 403 g/mol. The first-order chi connectivity index (χ1) is 12.7. The van der Waals surface area contributed by atoms with Crippen molar-refractivity contribution < 1.29 is 26.8 Å². The van der Waals surface area contributed by atoms with Gasteiger partial charge in [-0.25, -0.2) is 8.42 Å². The summed E-state index contributed by atoms with van der Waals surface area (Å²) in [5, 5.41) is 2.42. The van der Waals surface area contributed by atoms with Gasteiger partial charge in [0, 0.05) is 13.0 Å². The lowest BCUT2D eigenvalue weighted by molar-refractivity contribution is -0.119. The van der Waals surface area contributed by atoms with E-state index < -0.39 is 26.4 Å². The van der Waals surface area contributed by atoms with E-state index >= 15 is 0 Å². The van der Waals surface area contributed by atoms with Gasteiger partial charge in [0.15, 0.2) is 0 Å². The summed E-state index contributed by atoms with van der Waals surface area (Å²) in [6, 6.07) is 5.09. The maximum atomic E-state index is 12.8. The molecule has 1 aromatic rings. The molecular weight excluding hydrogens is 380 g/mol. The maximum Gasteiger partial charge on any atom is 0.341 e. The Morgan fingerprint density at radius 1 is 1.30 bits per heavy atom. The quantitative estimate of drug-likeness (QED) is 0.685. The minimum Gasteiger partial charge on any atom is -0.370 e. The van der Waals surface area contributed by atoms with E-state index in [1.807, 2.05) is 4.90 Å². The van der Waals surface area contributed by atoms with Crippen LogP contribution in [0.5, 0.6) is 0 Å². The molecule has 0 spiro atoms. The van der Waals surface area contributed by atoms with E-state index in [4.69, 9.17) is 5.73 Å². The molecule has 3 N–H and O–H groups in total. The number of amides is 2. The fraction of sp³-hybridized carbons (Fsp3) is 0.529. The molecule has 1 atom stereocenters. The highest BCUT2D eigenvalue weighted by molar-refractivity contribution is 7.91. The van der Waals surface area contributed by atoms with Gasteiger partial charge in [0.2, 0.25) is 21.7 Å².